The van der Waals surface area contributed by atoms with Crippen LogP contribution in [0.15, 0.2) is 23.8 Å². The van der Waals surface area contributed by atoms with Crippen molar-refractivity contribution in [1.82, 2.24) is 0 Å². The smallest absolute Gasteiger partial charge is 0.161 e. The number of allylic oxidation sites excluding steroid dienone is 4. The molecular weight excluding hydrogens is 126 g/mol. The lowest BCUT2D eigenvalue weighted by Gasteiger charge is -1.88. The summed E-state index contributed by atoms with van der Waals surface area (Å²) in [5.41, 5.74) is 0.429. The highest BCUT2D eigenvalue weighted by atomic mass is 16.1. The predicted molar refractivity (Wildman–Crippen MR) is 42.4 cm³/mol. The van der Waals surface area contributed by atoms with Gasteiger partial charge in [-0.3, -0.25) is 4.79 Å². The van der Waals surface area contributed by atoms with E-state index in [-0.39, 0.29) is 5.78 Å². The van der Waals surface area contributed by atoms with Crippen molar-refractivity contribution in [3.05, 3.63) is 23.8 Å². The van der Waals surface area contributed by atoms with Gasteiger partial charge in [0.2, 0.25) is 0 Å². The number of ketones is 1. The summed E-state index contributed by atoms with van der Waals surface area (Å²) in [6.45, 7) is 3.30. The SMILES string of the molecule is C/C=C\C=C(/C=N)C(C)=O. The highest BCUT2D eigenvalue weighted by Crippen LogP contribution is 1.91. The molecular formula is C8H11NO. The molecule has 0 aromatic heterocycles. The zero-order valence-electron chi connectivity index (χ0n) is 6.22. The first-order valence-corrected chi connectivity index (χ1v) is 3.06. The van der Waals surface area contributed by atoms with E-state index < -0.39 is 0 Å². The van der Waals surface area contributed by atoms with E-state index >= 15 is 0 Å². The summed E-state index contributed by atoms with van der Waals surface area (Å²) in [4.78, 5) is 10.6. The molecule has 0 bridgehead atoms. The number of nitrogens with one attached hydrogen (secondary N) is 1. The molecule has 0 rings (SSSR count). The van der Waals surface area contributed by atoms with Crippen LogP contribution in [0, 0.1) is 5.41 Å². The summed E-state index contributed by atoms with van der Waals surface area (Å²) in [5.74, 6) is -0.0758. The zero-order chi connectivity index (χ0) is 7.98. The summed E-state index contributed by atoms with van der Waals surface area (Å²) < 4.78 is 0. The second-order valence-corrected chi connectivity index (χ2v) is 1.85. The van der Waals surface area contributed by atoms with E-state index in [1.165, 1.54) is 6.92 Å². The largest absolute Gasteiger partial charge is 0.308 e. The van der Waals surface area contributed by atoms with Gasteiger partial charge in [-0.2, -0.15) is 0 Å². The lowest BCUT2D eigenvalue weighted by atomic mass is 10.2. The zero-order valence-corrected chi connectivity index (χ0v) is 6.22. The molecule has 0 aliphatic carbocycles. The highest BCUT2D eigenvalue weighted by molar-refractivity contribution is 6.11. The van der Waals surface area contributed by atoms with Crippen molar-refractivity contribution in [2.75, 3.05) is 0 Å². The van der Waals surface area contributed by atoms with Crippen molar-refractivity contribution in [3.8, 4) is 0 Å². The third-order valence-electron chi connectivity index (χ3n) is 1.03. The minimum absolute atomic E-state index is 0.0758. The molecule has 54 valence electrons. The first-order valence-electron chi connectivity index (χ1n) is 3.06. The van der Waals surface area contributed by atoms with Crippen LogP contribution in [-0.4, -0.2) is 12.0 Å². The normalized spacial score (nSPS) is 12.0. The van der Waals surface area contributed by atoms with Gasteiger partial charge in [0.1, 0.15) is 0 Å². The van der Waals surface area contributed by atoms with E-state index in [1.807, 2.05) is 13.0 Å². The number of hydrogen-bond acceptors (Lipinski definition) is 2. The quantitative estimate of drug-likeness (QED) is 0.359. The van der Waals surface area contributed by atoms with Gasteiger partial charge in [0.15, 0.2) is 5.78 Å². The van der Waals surface area contributed by atoms with Gasteiger partial charge in [0.25, 0.3) is 0 Å². The number of Topliss-reactive ketones (excluding diaryl/α,β-unsaturated/α-hetero) is 1. The summed E-state index contributed by atoms with van der Waals surface area (Å²) in [7, 11) is 0. The van der Waals surface area contributed by atoms with E-state index in [4.69, 9.17) is 5.41 Å². The third-order valence-corrected chi connectivity index (χ3v) is 1.03. The Morgan fingerprint density at radius 3 is 2.40 bits per heavy atom. The molecule has 0 saturated carbocycles. The van der Waals surface area contributed by atoms with Crippen molar-refractivity contribution in [2.45, 2.75) is 13.8 Å². The molecule has 0 aliphatic heterocycles. The summed E-state index contributed by atoms with van der Waals surface area (Å²) in [6.07, 6.45) is 6.23. The van der Waals surface area contributed by atoms with Gasteiger partial charge in [-0.15, -0.1) is 0 Å². The fraction of sp³-hybridized carbons (Fsp3) is 0.250. The monoisotopic (exact) mass is 137 g/mol. The lowest BCUT2D eigenvalue weighted by Crippen LogP contribution is -1.95. The highest BCUT2D eigenvalue weighted by Gasteiger charge is 1.95. The molecule has 0 aliphatic rings. The predicted octanol–water partition coefficient (Wildman–Crippen LogP) is 1.73. The van der Waals surface area contributed by atoms with Crippen molar-refractivity contribution in [3.63, 3.8) is 0 Å². The van der Waals surface area contributed by atoms with Crippen LogP contribution in [0.5, 0.6) is 0 Å². The standard InChI is InChI=1S/C8H11NO/c1-3-4-5-8(6-9)7(2)10/h3-6,9H,1-2H3/b4-3-,8-5+,9-6?. The lowest BCUT2D eigenvalue weighted by molar-refractivity contribution is -0.113. The first kappa shape index (κ1) is 8.82. The maximum atomic E-state index is 10.6. The van der Waals surface area contributed by atoms with Crippen LogP contribution in [-0.2, 0) is 4.79 Å². The van der Waals surface area contributed by atoms with Crippen LogP contribution < -0.4 is 0 Å². The molecule has 1 N–H and O–H groups in total. The molecule has 2 nitrogen and oxygen atoms in total. The number of carbonyl (C=O) groups excluding carboxylic acids is 1. The molecule has 0 aromatic rings. The van der Waals surface area contributed by atoms with Gasteiger partial charge in [-0.1, -0.05) is 18.2 Å². The molecule has 0 saturated heterocycles. The van der Waals surface area contributed by atoms with Crippen molar-refractivity contribution in [2.24, 2.45) is 0 Å². The minimum Gasteiger partial charge on any atom is -0.308 e. The molecule has 0 heterocycles. The summed E-state index contributed by atoms with van der Waals surface area (Å²) >= 11 is 0. The Morgan fingerprint density at radius 1 is 1.50 bits per heavy atom. The van der Waals surface area contributed by atoms with Crippen molar-refractivity contribution >= 4 is 12.0 Å². The molecule has 0 amide bonds. The van der Waals surface area contributed by atoms with E-state index in [0.29, 0.717) is 5.57 Å². The van der Waals surface area contributed by atoms with Gasteiger partial charge in [0.05, 0.1) is 0 Å². The van der Waals surface area contributed by atoms with E-state index in [0.717, 1.165) is 6.21 Å². The van der Waals surface area contributed by atoms with Crippen molar-refractivity contribution < 1.29 is 4.79 Å². The molecule has 0 atom stereocenters. The fourth-order valence-electron chi connectivity index (χ4n) is 0.467. The topological polar surface area (TPSA) is 40.9 Å². The molecule has 0 aromatic carbocycles. The minimum atomic E-state index is -0.0758. The maximum Gasteiger partial charge on any atom is 0.161 e. The molecule has 0 unspecified atom stereocenters. The Morgan fingerprint density at radius 2 is 2.10 bits per heavy atom. The Bertz CT molecular complexity index is 189. The third kappa shape index (κ3) is 2.97. The summed E-state index contributed by atoms with van der Waals surface area (Å²) in [5, 5.41) is 6.82. The molecule has 0 spiro atoms. The average Bonchev–Trinajstić information content (AvgIpc) is 1.89. The maximum absolute atomic E-state index is 10.6. The average molecular weight is 137 g/mol. The Labute approximate surface area is 60.8 Å². The van der Waals surface area contributed by atoms with Crippen LogP contribution in [0.1, 0.15) is 13.8 Å². The number of rotatable bonds is 3. The summed E-state index contributed by atoms with van der Waals surface area (Å²) in [6, 6.07) is 0. The Hall–Kier alpha value is -1.18. The fourth-order valence-corrected chi connectivity index (χ4v) is 0.467. The first-order chi connectivity index (χ1) is 4.72. The van der Waals surface area contributed by atoms with Gasteiger partial charge in [0, 0.05) is 11.8 Å². The van der Waals surface area contributed by atoms with Crippen LogP contribution in [0.2, 0.25) is 0 Å². The Kier molecular flexibility index (Phi) is 4.12. The van der Waals surface area contributed by atoms with Crippen LogP contribution in [0.4, 0.5) is 0 Å². The molecule has 0 fully saturated rings. The van der Waals surface area contributed by atoms with Gasteiger partial charge in [-0.05, 0) is 13.8 Å². The second-order valence-electron chi connectivity index (χ2n) is 1.85. The number of carbonyl (C=O) groups is 1. The van der Waals surface area contributed by atoms with E-state index in [9.17, 15) is 4.79 Å². The molecule has 0 radical (unpaired) electrons. The number of hydrogen-bond donors (Lipinski definition) is 1. The van der Waals surface area contributed by atoms with Crippen LogP contribution >= 0.6 is 0 Å². The van der Waals surface area contributed by atoms with E-state index in [2.05, 4.69) is 0 Å². The van der Waals surface area contributed by atoms with Gasteiger partial charge < -0.3 is 5.41 Å². The van der Waals surface area contributed by atoms with Gasteiger partial charge >= 0.3 is 0 Å². The van der Waals surface area contributed by atoms with Crippen LogP contribution in [0.3, 0.4) is 0 Å². The van der Waals surface area contributed by atoms with E-state index in [1.54, 1.807) is 12.2 Å². The van der Waals surface area contributed by atoms with Gasteiger partial charge in [-0.25, -0.2) is 0 Å². The van der Waals surface area contributed by atoms with Crippen LogP contribution in [0.25, 0.3) is 0 Å². The van der Waals surface area contributed by atoms with Crippen molar-refractivity contribution in [1.29, 1.82) is 5.41 Å². The second kappa shape index (κ2) is 4.68. The molecule has 2 heteroatoms. The Balaban J connectivity index is 4.33. The molecule has 10 heavy (non-hydrogen) atoms.